The molecule has 258 valence electrons. The summed E-state index contributed by atoms with van der Waals surface area (Å²) in [4.78, 5) is 0. The fourth-order valence-electron chi connectivity index (χ4n) is 9.85. The van der Waals surface area contributed by atoms with Gasteiger partial charge in [0.1, 0.15) is 23.0 Å². The molecule has 0 spiro atoms. The predicted octanol–water partition coefficient (Wildman–Crippen LogP) is 12.7. The molecule has 4 N–H and O–H groups in total. The molecule has 0 amide bonds. The first kappa shape index (κ1) is 33.6. The van der Waals surface area contributed by atoms with Crippen molar-refractivity contribution in [2.45, 2.75) is 121 Å². The quantitative estimate of drug-likeness (QED) is 0.185. The van der Waals surface area contributed by atoms with Crippen molar-refractivity contribution >= 4 is 11.4 Å². The number of ether oxygens (including phenoxy) is 2. The predicted molar refractivity (Wildman–Crippen MR) is 204 cm³/mol. The van der Waals surface area contributed by atoms with Gasteiger partial charge >= 0.3 is 0 Å². The van der Waals surface area contributed by atoms with Crippen LogP contribution in [0, 0.1) is 11.3 Å². The van der Waals surface area contributed by atoms with Crippen LogP contribution in [-0.4, -0.2) is 0 Å². The zero-order valence-electron chi connectivity index (χ0n) is 30.0. The molecule has 0 radical (unpaired) electrons. The Morgan fingerprint density at radius 1 is 0.551 bits per heavy atom. The van der Waals surface area contributed by atoms with Gasteiger partial charge in [-0.3, -0.25) is 0 Å². The molecule has 0 saturated heterocycles. The zero-order valence-corrected chi connectivity index (χ0v) is 30.0. The van der Waals surface area contributed by atoms with E-state index in [1.165, 1.54) is 92.9 Å². The second-order valence-electron chi connectivity index (χ2n) is 16.5. The highest BCUT2D eigenvalue weighted by molar-refractivity contribution is 5.53. The van der Waals surface area contributed by atoms with E-state index in [2.05, 4.69) is 57.2 Å². The highest BCUT2D eigenvalue weighted by atomic mass is 16.5. The molecule has 3 fully saturated rings. The van der Waals surface area contributed by atoms with E-state index in [4.69, 9.17) is 20.9 Å². The topological polar surface area (TPSA) is 70.5 Å². The van der Waals surface area contributed by atoms with Crippen molar-refractivity contribution in [2.24, 2.45) is 11.3 Å². The van der Waals surface area contributed by atoms with Crippen LogP contribution < -0.4 is 20.9 Å². The Hall–Kier alpha value is -3.92. The molecule has 1 unspecified atom stereocenters. The molecule has 3 aliphatic carbocycles. The van der Waals surface area contributed by atoms with Crippen LogP contribution in [0.4, 0.5) is 11.4 Å². The first-order chi connectivity index (χ1) is 23.7. The van der Waals surface area contributed by atoms with Gasteiger partial charge in [0.15, 0.2) is 0 Å². The van der Waals surface area contributed by atoms with Crippen molar-refractivity contribution in [2.75, 3.05) is 11.5 Å². The van der Waals surface area contributed by atoms with Gasteiger partial charge in [0.05, 0.1) is 0 Å². The van der Waals surface area contributed by atoms with Crippen LogP contribution in [0.1, 0.15) is 138 Å². The zero-order chi connectivity index (χ0) is 34.0. The lowest BCUT2D eigenvalue weighted by atomic mass is 9.55. The summed E-state index contributed by atoms with van der Waals surface area (Å²) in [7, 11) is 0. The smallest absolute Gasteiger partial charge is 0.130 e. The molecule has 7 rings (SSSR count). The second-order valence-corrected chi connectivity index (χ2v) is 16.5. The van der Waals surface area contributed by atoms with Gasteiger partial charge < -0.3 is 20.9 Å². The monoisotopic (exact) mass is 656 g/mol. The number of hydrogen-bond acceptors (Lipinski definition) is 4. The van der Waals surface area contributed by atoms with E-state index in [1.807, 2.05) is 48.5 Å². The van der Waals surface area contributed by atoms with E-state index < -0.39 is 0 Å². The maximum Gasteiger partial charge on any atom is 0.130 e. The maximum atomic E-state index is 6.66. The summed E-state index contributed by atoms with van der Waals surface area (Å²) in [6.45, 7) is 7.44. The molecule has 4 aromatic carbocycles. The molecule has 49 heavy (non-hydrogen) atoms. The Bertz CT molecular complexity index is 1600. The van der Waals surface area contributed by atoms with E-state index in [0.717, 1.165) is 47.2 Å². The van der Waals surface area contributed by atoms with Gasteiger partial charge in [-0.25, -0.2) is 0 Å². The van der Waals surface area contributed by atoms with E-state index >= 15 is 0 Å². The number of hydrogen-bond donors (Lipinski definition) is 2. The van der Waals surface area contributed by atoms with Crippen LogP contribution in [0.15, 0.2) is 84.9 Å². The number of benzene rings is 4. The second kappa shape index (κ2) is 14.1. The van der Waals surface area contributed by atoms with Crippen molar-refractivity contribution in [1.29, 1.82) is 0 Å². The van der Waals surface area contributed by atoms with Crippen molar-refractivity contribution in [3.8, 4) is 23.0 Å². The van der Waals surface area contributed by atoms with E-state index in [1.54, 1.807) is 0 Å². The van der Waals surface area contributed by atoms with Crippen LogP contribution in [0.3, 0.4) is 0 Å². The molecular weight excluding hydrogens is 601 g/mol. The van der Waals surface area contributed by atoms with Crippen molar-refractivity contribution in [3.63, 3.8) is 0 Å². The molecule has 1 atom stereocenters. The van der Waals surface area contributed by atoms with Gasteiger partial charge in [-0.2, -0.15) is 0 Å². The first-order valence-corrected chi connectivity index (χ1v) is 19.0. The minimum Gasteiger partial charge on any atom is -0.457 e. The van der Waals surface area contributed by atoms with Gasteiger partial charge in [-0.1, -0.05) is 83.6 Å². The lowest BCUT2D eigenvalue weighted by Crippen LogP contribution is -2.41. The fourth-order valence-corrected chi connectivity index (χ4v) is 9.85. The lowest BCUT2D eigenvalue weighted by Gasteiger charge is -2.49. The summed E-state index contributed by atoms with van der Waals surface area (Å²) in [6.07, 6.45) is 16.2. The third-order valence-electron chi connectivity index (χ3n) is 11.8. The third-order valence-corrected chi connectivity index (χ3v) is 11.8. The number of rotatable bonds is 8. The average molecular weight is 657 g/mol. The maximum absolute atomic E-state index is 6.66. The van der Waals surface area contributed by atoms with E-state index in [-0.39, 0.29) is 10.8 Å². The molecule has 0 aromatic heterocycles. The summed E-state index contributed by atoms with van der Waals surface area (Å²) in [6, 6.07) is 30.1. The minimum absolute atomic E-state index is 0.104. The Labute approximate surface area is 294 Å². The average Bonchev–Trinajstić information content (AvgIpc) is 3.10. The summed E-state index contributed by atoms with van der Waals surface area (Å²) in [5.74, 6) is 5.30. The van der Waals surface area contributed by atoms with Crippen molar-refractivity contribution < 1.29 is 9.47 Å². The molecule has 4 aromatic rings. The van der Waals surface area contributed by atoms with Crippen LogP contribution in [0.2, 0.25) is 0 Å². The Morgan fingerprint density at radius 3 is 1.39 bits per heavy atom. The summed E-state index contributed by atoms with van der Waals surface area (Å²) in [5, 5.41) is 0. The molecule has 4 nitrogen and oxygen atoms in total. The number of anilines is 2. The van der Waals surface area contributed by atoms with E-state index in [9.17, 15) is 0 Å². The van der Waals surface area contributed by atoms with Crippen LogP contribution in [-0.2, 0) is 5.41 Å². The van der Waals surface area contributed by atoms with Gasteiger partial charge in [-0.05, 0) is 151 Å². The largest absolute Gasteiger partial charge is 0.457 e. The summed E-state index contributed by atoms with van der Waals surface area (Å²) >= 11 is 0. The molecule has 0 bridgehead atoms. The highest BCUT2D eigenvalue weighted by Gasteiger charge is 2.46. The lowest BCUT2D eigenvalue weighted by molar-refractivity contribution is 0.126. The van der Waals surface area contributed by atoms with Gasteiger partial charge in [-0.15, -0.1) is 0 Å². The molecule has 0 heterocycles. The normalized spacial score (nSPS) is 21.2. The summed E-state index contributed by atoms with van der Waals surface area (Å²) in [5.41, 5.74) is 19.3. The molecule has 4 heteroatoms. The van der Waals surface area contributed by atoms with Gasteiger partial charge in [0.25, 0.3) is 0 Å². The SMILES string of the molecule is CC1CC(C)(C)CC(c2ccc(Oc3ccc(N)cc3)c(C3CCCCC3)c2)(c2ccc(Oc3ccc(N)cc3)c(C3CCCCC3)c2)C1. The van der Waals surface area contributed by atoms with Crippen LogP contribution >= 0.6 is 0 Å². The number of nitrogens with two attached hydrogens (primary N) is 2. The standard InChI is InChI=1S/C45H56N2O2/c1-31-28-44(2,3)30-45(29-31,34-14-24-42(48-38-20-16-36(46)17-21-38)40(26-34)32-10-6-4-7-11-32)35-15-25-43(49-39-22-18-37(47)19-23-39)41(27-35)33-12-8-5-9-13-33/h14-27,31-33H,4-13,28-30,46-47H2,1-3H3. The summed E-state index contributed by atoms with van der Waals surface area (Å²) < 4.78 is 13.3. The van der Waals surface area contributed by atoms with Crippen molar-refractivity contribution in [1.82, 2.24) is 0 Å². The number of nitrogen functional groups attached to an aromatic ring is 2. The highest BCUT2D eigenvalue weighted by Crippen LogP contribution is 2.56. The molecule has 3 aliphatic rings. The first-order valence-electron chi connectivity index (χ1n) is 19.0. The minimum atomic E-state index is -0.104. The van der Waals surface area contributed by atoms with Crippen LogP contribution in [0.5, 0.6) is 23.0 Å². The third kappa shape index (κ3) is 7.49. The van der Waals surface area contributed by atoms with Gasteiger partial charge in [0.2, 0.25) is 0 Å². The molecule has 0 aliphatic heterocycles. The fraction of sp³-hybridized carbons (Fsp3) is 0.467. The Kier molecular flexibility index (Phi) is 9.68. The molecule has 3 saturated carbocycles. The Morgan fingerprint density at radius 2 is 0.980 bits per heavy atom. The van der Waals surface area contributed by atoms with Crippen molar-refractivity contribution in [3.05, 3.63) is 107 Å². The van der Waals surface area contributed by atoms with Gasteiger partial charge in [0, 0.05) is 16.8 Å². The molecular formula is C45H56N2O2. The van der Waals surface area contributed by atoms with E-state index in [0.29, 0.717) is 17.8 Å². The Balaban J connectivity index is 1.35. The van der Waals surface area contributed by atoms with Crippen LogP contribution in [0.25, 0.3) is 0 Å².